The molecule has 10 heteroatoms. The number of nitrogens with one attached hydrogen (secondary N) is 2. The van der Waals surface area contributed by atoms with Gasteiger partial charge < -0.3 is 24.7 Å². The lowest BCUT2D eigenvalue weighted by Gasteiger charge is -2.34. The van der Waals surface area contributed by atoms with Crippen molar-refractivity contribution in [3.8, 4) is 17.1 Å². The van der Waals surface area contributed by atoms with Crippen molar-refractivity contribution in [2.75, 3.05) is 37.0 Å². The molecule has 0 bridgehead atoms. The van der Waals surface area contributed by atoms with Gasteiger partial charge in [-0.1, -0.05) is 6.07 Å². The minimum absolute atomic E-state index is 0.487. The second kappa shape index (κ2) is 8.45. The van der Waals surface area contributed by atoms with Crippen molar-refractivity contribution in [3.05, 3.63) is 47.4 Å². The van der Waals surface area contributed by atoms with Crippen LogP contribution in [-0.2, 0) is 17.6 Å². The van der Waals surface area contributed by atoms with Crippen molar-refractivity contribution in [1.82, 2.24) is 19.7 Å². The summed E-state index contributed by atoms with van der Waals surface area (Å²) in [7, 11) is 1.90. The molecular weight excluding hydrogens is 420 g/mol. The Balaban J connectivity index is 1.50. The van der Waals surface area contributed by atoms with Crippen molar-refractivity contribution >= 4 is 17.7 Å². The molecule has 33 heavy (non-hydrogen) atoms. The van der Waals surface area contributed by atoms with Crippen molar-refractivity contribution in [3.63, 3.8) is 0 Å². The molecule has 4 heterocycles. The number of hydrogen-bond donors (Lipinski definition) is 3. The fraction of sp³-hybridized carbons (Fsp3) is 0.391. The first-order chi connectivity index (χ1) is 16.0. The molecule has 4 N–H and O–H groups in total. The van der Waals surface area contributed by atoms with Crippen molar-refractivity contribution < 1.29 is 9.47 Å². The number of fused-ring (bicyclic) bond motifs is 1. The summed E-state index contributed by atoms with van der Waals surface area (Å²) >= 11 is 0. The predicted molar refractivity (Wildman–Crippen MR) is 126 cm³/mol. The van der Waals surface area contributed by atoms with Crippen LogP contribution >= 0.6 is 0 Å². The zero-order valence-corrected chi connectivity index (χ0v) is 19.0. The van der Waals surface area contributed by atoms with Crippen LogP contribution in [0.25, 0.3) is 11.4 Å². The number of rotatable bonds is 7. The van der Waals surface area contributed by atoms with Crippen LogP contribution in [0.1, 0.15) is 23.7 Å². The van der Waals surface area contributed by atoms with E-state index in [-0.39, 0.29) is 0 Å². The standard InChI is InChI=1S/C23H28N8O2/c1-4-33-19-8-16(22-30-27-13-31(22)3)5-6-18(19)23(24)26-10-17-7-14(2)28-21(20(17)29-23)25-9-15-11-32-12-15/h5-8,10,13,15,29H,4,9,11-12,24H2,1-3H3,(H,25,28). The summed E-state index contributed by atoms with van der Waals surface area (Å²) in [6, 6.07) is 7.79. The Hall–Kier alpha value is -3.50. The summed E-state index contributed by atoms with van der Waals surface area (Å²) in [4.78, 5) is 9.40. The highest BCUT2D eigenvalue weighted by atomic mass is 16.5. The van der Waals surface area contributed by atoms with E-state index in [0.717, 1.165) is 59.5 Å². The lowest BCUT2D eigenvalue weighted by atomic mass is 10.0. The highest BCUT2D eigenvalue weighted by Crippen LogP contribution is 2.38. The molecule has 0 radical (unpaired) electrons. The molecule has 1 saturated heterocycles. The molecule has 1 aromatic carbocycles. The monoisotopic (exact) mass is 448 g/mol. The Bertz CT molecular complexity index is 1200. The van der Waals surface area contributed by atoms with Crippen LogP contribution in [0.5, 0.6) is 5.75 Å². The first-order valence-electron chi connectivity index (χ1n) is 11.0. The molecule has 0 amide bonds. The minimum Gasteiger partial charge on any atom is -0.493 e. The van der Waals surface area contributed by atoms with Gasteiger partial charge in [-0.3, -0.25) is 5.73 Å². The molecule has 1 fully saturated rings. The van der Waals surface area contributed by atoms with Gasteiger partial charge in [0.15, 0.2) is 5.82 Å². The van der Waals surface area contributed by atoms with E-state index in [4.69, 9.17) is 20.2 Å². The molecule has 172 valence electrons. The van der Waals surface area contributed by atoms with Crippen molar-refractivity contribution in [2.45, 2.75) is 19.6 Å². The maximum absolute atomic E-state index is 6.83. The van der Waals surface area contributed by atoms with Crippen LogP contribution in [0, 0.1) is 12.8 Å². The largest absolute Gasteiger partial charge is 0.493 e. The number of nitrogens with two attached hydrogens (primary N) is 1. The summed E-state index contributed by atoms with van der Waals surface area (Å²) in [5.74, 6) is 1.40. The molecule has 3 aromatic rings. The van der Waals surface area contributed by atoms with Gasteiger partial charge in [0.05, 0.1) is 31.1 Å². The number of aromatic nitrogens is 4. The van der Waals surface area contributed by atoms with E-state index in [2.05, 4.69) is 25.8 Å². The molecule has 2 aliphatic heterocycles. The Morgan fingerprint density at radius 3 is 2.88 bits per heavy atom. The molecule has 10 nitrogen and oxygen atoms in total. The summed E-state index contributed by atoms with van der Waals surface area (Å²) in [5, 5.41) is 15.0. The maximum atomic E-state index is 6.83. The van der Waals surface area contributed by atoms with Crippen LogP contribution in [0.2, 0.25) is 0 Å². The Labute approximate surface area is 192 Å². The fourth-order valence-electron chi connectivity index (χ4n) is 4.03. The fourth-order valence-corrected chi connectivity index (χ4v) is 4.03. The average molecular weight is 449 g/mol. The maximum Gasteiger partial charge on any atom is 0.212 e. The lowest BCUT2D eigenvalue weighted by Crippen LogP contribution is -2.45. The molecule has 1 unspecified atom stereocenters. The third-order valence-corrected chi connectivity index (χ3v) is 5.83. The highest BCUT2D eigenvalue weighted by molar-refractivity contribution is 5.94. The Morgan fingerprint density at radius 2 is 2.18 bits per heavy atom. The van der Waals surface area contributed by atoms with Gasteiger partial charge in [-0.25, -0.2) is 9.98 Å². The number of anilines is 2. The van der Waals surface area contributed by atoms with Crippen LogP contribution in [0.15, 0.2) is 35.6 Å². The van der Waals surface area contributed by atoms with Gasteiger partial charge in [-0.2, -0.15) is 0 Å². The van der Waals surface area contributed by atoms with Gasteiger partial charge in [0.1, 0.15) is 17.9 Å². The summed E-state index contributed by atoms with van der Waals surface area (Å²) in [6.07, 6.45) is 3.46. The van der Waals surface area contributed by atoms with Crippen LogP contribution in [0.3, 0.4) is 0 Å². The van der Waals surface area contributed by atoms with Gasteiger partial charge in [-0.15, -0.1) is 10.2 Å². The molecule has 1 atom stereocenters. The molecule has 2 aliphatic rings. The molecule has 5 rings (SSSR count). The van der Waals surface area contributed by atoms with E-state index in [1.54, 1.807) is 12.5 Å². The SMILES string of the molecule is CCOc1cc(-c2nncn2C)ccc1C1(N)N=Cc2cc(C)nc(NCC3COC3)c2N1. The highest BCUT2D eigenvalue weighted by Gasteiger charge is 2.35. The van der Waals surface area contributed by atoms with Crippen LogP contribution in [-0.4, -0.2) is 52.3 Å². The summed E-state index contributed by atoms with van der Waals surface area (Å²) in [5.41, 5.74) is 11.1. The molecular formula is C23H28N8O2. The molecule has 0 aliphatic carbocycles. The second-order valence-corrected chi connectivity index (χ2v) is 8.42. The zero-order chi connectivity index (χ0) is 23.0. The van der Waals surface area contributed by atoms with E-state index >= 15 is 0 Å². The van der Waals surface area contributed by atoms with E-state index in [1.165, 1.54) is 0 Å². The zero-order valence-electron chi connectivity index (χ0n) is 19.0. The number of aliphatic imine (C=N–C) groups is 1. The predicted octanol–water partition coefficient (Wildman–Crippen LogP) is 2.26. The van der Waals surface area contributed by atoms with Crippen LogP contribution < -0.4 is 21.1 Å². The summed E-state index contributed by atoms with van der Waals surface area (Å²) in [6.45, 7) is 6.72. The van der Waals surface area contributed by atoms with Gasteiger partial charge in [0.2, 0.25) is 5.79 Å². The van der Waals surface area contributed by atoms with Crippen LogP contribution in [0.4, 0.5) is 11.5 Å². The van der Waals surface area contributed by atoms with E-state index < -0.39 is 5.79 Å². The third kappa shape index (κ3) is 4.03. The van der Waals surface area contributed by atoms with E-state index in [0.29, 0.717) is 18.3 Å². The number of ether oxygens (including phenoxy) is 2. The van der Waals surface area contributed by atoms with Gasteiger partial charge >= 0.3 is 0 Å². The molecule has 0 saturated carbocycles. The van der Waals surface area contributed by atoms with Gasteiger partial charge in [-0.05, 0) is 32.0 Å². The van der Waals surface area contributed by atoms with E-state index in [1.807, 2.05) is 49.7 Å². The number of hydrogen-bond acceptors (Lipinski definition) is 9. The Morgan fingerprint density at radius 1 is 1.33 bits per heavy atom. The lowest BCUT2D eigenvalue weighted by molar-refractivity contribution is -0.0248. The first kappa shape index (κ1) is 21.4. The van der Waals surface area contributed by atoms with E-state index in [9.17, 15) is 0 Å². The Kier molecular flexibility index (Phi) is 5.47. The molecule has 0 spiro atoms. The number of benzene rings is 1. The van der Waals surface area contributed by atoms with Gasteiger partial charge in [0, 0.05) is 42.5 Å². The number of nitrogens with zero attached hydrogens (tertiary/aromatic N) is 5. The normalized spacial score (nSPS) is 19.5. The van der Waals surface area contributed by atoms with Crippen molar-refractivity contribution in [2.24, 2.45) is 23.7 Å². The summed E-state index contributed by atoms with van der Waals surface area (Å²) < 4.78 is 13.1. The van der Waals surface area contributed by atoms with Gasteiger partial charge in [0.25, 0.3) is 0 Å². The number of pyridine rings is 1. The smallest absolute Gasteiger partial charge is 0.212 e. The number of aryl methyl sites for hydroxylation is 2. The second-order valence-electron chi connectivity index (χ2n) is 8.42. The van der Waals surface area contributed by atoms with Crippen molar-refractivity contribution in [1.29, 1.82) is 0 Å². The molecule has 2 aromatic heterocycles. The topological polar surface area (TPSA) is 125 Å². The minimum atomic E-state index is -1.22. The average Bonchev–Trinajstić information content (AvgIpc) is 3.19. The first-order valence-corrected chi connectivity index (χ1v) is 11.0. The quantitative estimate of drug-likeness (QED) is 0.503. The third-order valence-electron chi connectivity index (χ3n) is 5.83.